The number of rotatable bonds is 7. The number of nitrogens with zero attached hydrogens (tertiary/aromatic N) is 5. The summed E-state index contributed by atoms with van der Waals surface area (Å²) < 4.78 is 42.1. The first-order valence-corrected chi connectivity index (χ1v) is 12.9. The molecule has 1 atom stereocenters. The summed E-state index contributed by atoms with van der Waals surface area (Å²) in [6.45, 7) is 1.67. The monoisotopic (exact) mass is 587 g/mol. The molecule has 1 saturated heterocycles. The Bertz CT molecular complexity index is 1580. The molecule has 6 N–H and O–H groups in total. The number of aromatic amines is 1. The van der Waals surface area contributed by atoms with Crippen molar-refractivity contribution in [2.75, 3.05) is 30.7 Å². The van der Waals surface area contributed by atoms with Crippen molar-refractivity contribution in [2.45, 2.75) is 19.0 Å². The number of hydrogen-bond acceptors (Lipinski definition) is 7. The van der Waals surface area contributed by atoms with Crippen LogP contribution in [0.25, 0.3) is 5.82 Å². The minimum absolute atomic E-state index is 0.123. The molecule has 0 aliphatic carbocycles. The number of anilines is 2. The predicted octanol–water partition coefficient (Wildman–Crippen LogP) is 3.51. The molecule has 4 heterocycles. The number of benzene rings is 1. The van der Waals surface area contributed by atoms with Gasteiger partial charge in [0.1, 0.15) is 0 Å². The molecule has 0 bridgehead atoms. The van der Waals surface area contributed by atoms with Crippen molar-refractivity contribution in [3.05, 3.63) is 82.3 Å². The molecule has 41 heavy (non-hydrogen) atoms. The maximum absolute atomic E-state index is 13.7. The Labute approximate surface area is 236 Å². The lowest BCUT2D eigenvalue weighted by atomic mass is 10.1. The van der Waals surface area contributed by atoms with Crippen LogP contribution in [0.5, 0.6) is 0 Å². The summed E-state index contributed by atoms with van der Waals surface area (Å²) in [6, 6.07) is 7.45. The van der Waals surface area contributed by atoms with Crippen LogP contribution in [0.3, 0.4) is 0 Å². The molecular formula is C26H25ClF3N9O2. The number of amides is 2. The molecule has 3 aromatic heterocycles. The Hall–Kier alpha value is -4.43. The van der Waals surface area contributed by atoms with E-state index in [0.717, 1.165) is 11.1 Å². The van der Waals surface area contributed by atoms with Gasteiger partial charge in [-0.2, -0.15) is 18.3 Å². The van der Waals surface area contributed by atoms with Gasteiger partial charge in [-0.1, -0.05) is 11.6 Å². The Morgan fingerprint density at radius 2 is 1.98 bits per heavy atom. The molecular weight excluding hydrogens is 563 g/mol. The van der Waals surface area contributed by atoms with E-state index in [4.69, 9.17) is 23.1 Å². The minimum Gasteiger partial charge on any atom is -0.397 e. The van der Waals surface area contributed by atoms with Crippen molar-refractivity contribution in [2.24, 2.45) is 11.7 Å². The summed E-state index contributed by atoms with van der Waals surface area (Å²) >= 11 is 6.34. The predicted molar refractivity (Wildman–Crippen MR) is 145 cm³/mol. The van der Waals surface area contributed by atoms with Crippen LogP contribution >= 0.6 is 11.6 Å². The minimum atomic E-state index is -4.72. The topological polar surface area (TPSA) is 161 Å². The highest BCUT2D eigenvalue weighted by Gasteiger charge is 2.37. The van der Waals surface area contributed by atoms with E-state index in [1.165, 1.54) is 48.9 Å². The zero-order chi connectivity index (χ0) is 29.3. The summed E-state index contributed by atoms with van der Waals surface area (Å²) in [5.74, 6) is -0.566. The van der Waals surface area contributed by atoms with Gasteiger partial charge in [-0.25, -0.2) is 14.6 Å². The molecule has 2 amide bonds. The van der Waals surface area contributed by atoms with Gasteiger partial charge in [0.2, 0.25) is 0 Å². The molecule has 1 aliphatic heterocycles. The molecule has 1 aliphatic rings. The number of nitrogens with two attached hydrogens (primary N) is 2. The number of nitrogen functional groups attached to an aromatic ring is 1. The molecule has 1 fully saturated rings. The Balaban J connectivity index is 1.28. The summed E-state index contributed by atoms with van der Waals surface area (Å²) in [4.78, 5) is 38.1. The van der Waals surface area contributed by atoms with Gasteiger partial charge in [-0.05, 0) is 49.2 Å². The molecule has 4 aromatic rings. The van der Waals surface area contributed by atoms with Gasteiger partial charge < -0.3 is 26.7 Å². The van der Waals surface area contributed by atoms with E-state index in [0.29, 0.717) is 36.6 Å². The number of carbonyl (C=O) groups is 2. The van der Waals surface area contributed by atoms with Crippen LogP contribution in [-0.4, -0.2) is 61.1 Å². The quantitative estimate of drug-likeness (QED) is 0.257. The van der Waals surface area contributed by atoms with Crippen molar-refractivity contribution < 1.29 is 22.8 Å². The second-order valence-corrected chi connectivity index (χ2v) is 10.0. The SMILES string of the molecule is NC[C@@H]1CCN(C(=O)c2ccc(NC(=O)c3ncc(Cc4cn(-c5ccc(N)cn5)nc4C(F)(F)F)[nH]3)cc2Cl)C1. The fourth-order valence-corrected chi connectivity index (χ4v) is 4.80. The smallest absolute Gasteiger partial charge is 0.397 e. The van der Waals surface area contributed by atoms with Crippen molar-refractivity contribution >= 4 is 34.8 Å². The number of hydrogen-bond donors (Lipinski definition) is 4. The van der Waals surface area contributed by atoms with Crippen LogP contribution in [-0.2, 0) is 12.6 Å². The zero-order valence-corrected chi connectivity index (χ0v) is 22.2. The number of nitrogens with one attached hydrogen (secondary N) is 2. The van der Waals surface area contributed by atoms with Gasteiger partial charge in [0.15, 0.2) is 17.3 Å². The number of carbonyl (C=O) groups excluding carboxylic acids is 2. The third-order valence-corrected chi connectivity index (χ3v) is 6.96. The highest BCUT2D eigenvalue weighted by Crippen LogP contribution is 2.32. The van der Waals surface area contributed by atoms with E-state index in [1.54, 1.807) is 4.90 Å². The Morgan fingerprint density at radius 3 is 2.63 bits per heavy atom. The van der Waals surface area contributed by atoms with E-state index >= 15 is 0 Å². The van der Waals surface area contributed by atoms with Crippen LogP contribution in [0.2, 0.25) is 5.02 Å². The standard InChI is InChI=1S/C26H25ClF3N9O2/c27-20-8-17(2-3-19(20)25(41)38-6-5-14(9-31)12-38)36-24(40)23-34-11-18(35-23)7-15-13-39(37-22(15)26(28,29)30)21-4-1-16(32)10-33-21/h1-4,8,10-11,13-14H,5-7,9,12,31-32H2,(H,34,35)(H,36,40)/t14-/m0/s1. The van der Waals surface area contributed by atoms with Crippen LogP contribution in [0.15, 0.2) is 48.9 Å². The van der Waals surface area contributed by atoms with Gasteiger partial charge in [0.25, 0.3) is 11.8 Å². The lowest BCUT2D eigenvalue weighted by Gasteiger charge is -2.17. The summed E-state index contributed by atoms with van der Waals surface area (Å²) in [5, 5.41) is 6.45. The normalized spacial score (nSPS) is 15.3. The second kappa shape index (κ2) is 11.2. The third-order valence-electron chi connectivity index (χ3n) is 6.65. The van der Waals surface area contributed by atoms with Crippen molar-refractivity contribution in [3.8, 4) is 5.82 Å². The summed E-state index contributed by atoms with van der Waals surface area (Å²) in [5.41, 5.74) is 11.3. The van der Waals surface area contributed by atoms with Crippen LogP contribution in [0.1, 0.15) is 44.3 Å². The molecule has 1 aromatic carbocycles. The van der Waals surface area contributed by atoms with E-state index in [-0.39, 0.29) is 46.2 Å². The molecule has 0 spiro atoms. The van der Waals surface area contributed by atoms with E-state index < -0.39 is 17.8 Å². The maximum atomic E-state index is 13.7. The lowest BCUT2D eigenvalue weighted by Crippen LogP contribution is -2.30. The number of halogens is 4. The fourth-order valence-electron chi connectivity index (χ4n) is 4.53. The molecule has 214 valence electrons. The van der Waals surface area contributed by atoms with Gasteiger partial charge in [-0.15, -0.1) is 0 Å². The van der Waals surface area contributed by atoms with Crippen LogP contribution in [0, 0.1) is 5.92 Å². The van der Waals surface area contributed by atoms with E-state index in [1.807, 2.05) is 0 Å². The number of pyridine rings is 1. The average molecular weight is 588 g/mol. The van der Waals surface area contributed by atoms with Crippen LogP contribution in [0.4, 0.5) is 24.5 Å². The highest BCUT2D eigenvalue weighted by molar-refractivity contribution is 6.34. The van der Waals surface area contributed by atoms with Gasteiger partial charge in [0.05, 0.1) is 22.5 Å². The number of H-pyrrole nitrogens is 1. The van der Waals surface area contributed by atoms with Gasteiger partial charge in [0, 0.05) is 48.8 Å². The van der Waals surface area contributed by atoms with Crippen molar-refractivity contribution in [1.82, 2.24) is 29.6 Å². The Morgan fingerprint density at radius 1 is 1.17 bits per heavy atom. The molecule has 0 unspecified atom stereocenters. The van der Waals surface area contributed by atoms with E-state index in [9.17, 15) is 22.8 Å². The number of imidazole rings is 1. The molecule has 15 heteroatoms. The van der Waals surface area contributed by atoms with Crippen molar-refractivity contribution in [3.63, 3.8) is 0 Å². The Kier molecular flexibility index (Phi) is 7.69. The number of alkyl halides is 3. The fraction of sp³-hybridized carbons (Fsp3) is 0.269. The molecule has 0 radical (unpaired) electrons. The third kappa shape index (κ3) is 6.18. The maximum Gasteiger partial charge on any atom is 0.435 e. The molecule has 5 rings (SSSR count). The summed E-state index contributed by atoms with van der Waals surface area (Å²) in [7, 11) is 0. The molecule has 11 nitrogen and oxygen atoms in total. The number of aromatic nitrogens is 5. The molecule has 0 saturated carbocycles. The highest BCUT2D eigenvalue weighted by atomic mass is 35.5. The second-order valence-electron chi connectivity index (χ2n) is 9.62. The first kappa shape index (κ1) is 28.1. The average Bonchev–Trinajstić information content (AvgIpc) is 3.69. The zero-order valence-electron chi connectivity index (χ0n) is 21.5. The summed E-state index contributed by atoms with van der Waals surface area (Å²) in [6.07, 6.45) is -0.318. The van der Waals surface area contributed by atoms with Gasteiger partial charge in [-0.3, -0.25) is 9.59 Å². The number of likely N-dealkylation sites (tertiary alicyclic amines) is 1. The van der Waals surface area contributed by atoms with Crippen LogP contribution < -0.4 is 16.8 Å². The lowest BCUT2D eigenvalue weighted by molar-refractivity contribution is -0.141. The van der Waals surface area contributed by atoms with E-state index in [2.05, 4.69) is 25.4 Å². The first-order valence-electron chi connectivity index (χ1n) is 12.5. The van der Waals surface area contributed by atoms with Gasteiger partial charge >= 0.3 is 6.18 Å². The largest absolute Gasteiger partial charge is 0.435 e. The van der Waals surface area contributed by atoms with Crippen molar-refractivity contribution in [1.29, 1.82) is 0 Å². The first-order chi connectivity index (χ1) is 19.5.